The van der Waals surface area contributed by atoms with E-state index in [0.29, 0.717) is 17.5 Å². The van der Waals surface area contributed by atoms with Gasteiger partial charge in [0.25, 0.3) is 0 Å². The standard InChI is InChI=1S/C18H23N5OS/c24-18(22-10-9-14-5-1-2-6-15(14)11-22)13-25-12-17-19-20-21-23(17)16-7-3-4-8-16/h1-2,5-6,16H,3-4,7-13H2. The molecule has 1 aliphatic carbocycles. The molecule has 0 saturated heterocycles. The Morgan fingerprint density at radius 2 is 2.00 bits per heavy atom. The number of aromatic nitrogens is 4. The first-order chi connectivity index (χ1) is 12.3. The molecule has 0 radical (unpaired) electrons. The number of nitrogens with zero attached hydrogens (tertiary/aromatic N) is 5. The first-order valence-electron chi connectivity index (χ1n) is 9.00. The van der Waals surface area contributed by atoms with Gasteiger partial charge in [0.15, 0.2) is 5.82 Å². The number of tetrazole rings is 1. The molecule has 1 aromatic heterocycles. The molecule has 0 spiro atoms. The fraction of sp³-hybridized carbons (Fsp3) is 0.556. The molecule has 1 aliphatic heterocycles. The van der Waals surface area contributed by atoms with Crippen molar-refractivity contribution >= 4 is 17.7 Å². The summed E-state index contributed by atoms with van der Waals surface area (Å²) in [5.41, 5.74) is 2.65. The number of hydrogen-bond acceptors (Lipinski definition) is 5. The average molecular weight is 357 g/mol. The zero-order chi connectivity index (χ0) is 17.1. The summed E-state index contributed by atoms with van der Waals surface area (Å²) in [5.74, 6) is 2.28. The number of hydrogen-bond donors (Lipinski definition) is 0. The molecule has 1 fully saturated rings. The molecule has 0 atom stereocenters. The van der Waals surface area contributed by atoms with Crippen LogP contribution in [0.5, 0.6) is 0 Å². The molecule has 1 aromatic carbocycles. The molecule has 7 heteroatoms. The van der Waals surface area contributed by atoms with E-state index in [4.69, 9.17) is 0 Å². The van der Waals surface area contributed by atoms with Crippen LogP contribution in [0.3, 0.4) is 0 Å². The number of rotatable bonds is 5. The summed E-state index contributed by atoms with van der Waals surface area (Å²) in [6.07, 6.45) is 5.79. The van der Waals surface area contributed by atoms with Gasteiger partial charge >= 0.3 is 0 Å². The molecule has 25 heavy (non-hydrogen) atoms. The number of amides is 1. The van der Waals surface area contributed by atoms with Crippen LogP contribution in [-0.2, 0) is 23.5 Å². The smallest absolute Gasteiger partial charge is 0.232 e. The van der Waals surface area contributed by atoms with Gasteiger partial charge in [-0.3, -0.25) is 4.79 Å². The largest absolute Gasteiger partial charge is 0.337 e. The normalized spacial score (nSPS) is 17.7. The van der Waals surface area contributed by atoms with Crippen LogP contribution in [0.1, 0.15) is 48.7 Å². The lowest BCUT2D eigenvalue weighted by atomic mass is 10.00. The minimum atomic E-state index is 0.208. The van der Waals surface area contributed by atoms with Gasteiger partial charge < -0.3 is 4.90 Å². The molecule has 0 bridgehead atoms. The molecule has 6 nitrogen and oxygen atoms in total. The molecule has 132 valence electrons. The zero-order valence-electron chi connectivity index (χ0n) is 14.3. The SMILES string of the molecule is O=C(CSCc1nnnn1C1CCCC1)N1CCc2ccccc2C1. The Balaban J connectivity index is 1.29. The Bertz CT molecular complexity index is 741. The molecule has 2 aliphatic rings. The summed E-state index contributed by atoms with van der Waals surface area (Å²) in [6.45, 7) is 1.55. The summed E-state index contributed by atoms with van der Waals surface area (Å²) in [5, 5.41) is 12.1. The van der Waals surface area contributed by atoms with Crippen LogP contribution in [0.4, 0.5) is 0 Å². The number of fused-ring (bicyclic) bond motifs is 1. The van der Waals surface area contributed by atoms with Gasteiger partial charge in [-0.15, -0.1) is 16.9 Å². The van der Waals surface area contributed by atoms with Gasteiger partial charge in [0.05, 0.1) is 17.5 Å². The van der Waals surface area contributed by atoms with E-state index >= 15 is 0 Å². The maximum absolute atomic E-state index is 12.5. The highest BCUT2D eigenvalue weighted by Gasteiger charge is 2.23. The monoisotopic (exact) mass is 357 g/mol. The van der Waals surface area contributed by atoms with Gasteiger partial charge in [-0.25, -0.2) is 4.68 Å². The molecule has 1 saturated carbocycles. The zero-order valence-corrected chi connectivity index (χ0v) is 15.1. The summed E-state index contributed by atoms with van der Waals surface area (Å²) < 4.78 is 1.97. The van der Waals surface area contributed by atoms with Crippen molar-refractivity contribution in [1.82, 2.24) is 25.1 Å². The van der Waals surface area contributed by atoms with E-state index < -0.39 is 0 Å². The van der Waals surface area contributed by atoms with Crippen LogP contribution < -0.4 is 0 Å². The second kappa shape index (κ2) is 7.56. The van der Waals surface area contributed by atoms with Gasteiger partial charge in [-0.05, 0) is 40.8 Å². The number of thioether (sulfide) groups is 1. The van der Waals surface area contributed by atoms with Crippen molar-refractivity contribution in [1.29, 1.82) is 0 Å². The van der Waals surface area contributed by atoms with Crippen LogP contribution in [0.25, 0.3) is 0 Å². The van der Waals surface area contributed by atoms with E-state index in [1.54, 1.807) is 11.8 Å². The van der Waals surface area contributed by atoms with E-state index in [1.807, 2.05) is 15.6 Å². The third-order valence-electron chi connectivity index (χ3n) is 5.17. The highest BCUT2D eigenvalue weighted by atomic mass is 32.2. The van der Waals surface area contributed by atoms with Crippen molar-refractivity contribution in [3.8, 4) is 0 Å². The lowest BCUT2D eigenvalue weighted by molar-refractivity contribution is -0.129. The third kappa shape index (κ3) is 3.71. The molecule has 0 N–H and O–H groups in total. The molecule has 2 aromatic rings. The van der Waals surface area contributed by atoms with E-state index in [0.717, 1.165) is 38.2 Å². The van der Waals surface area contributed by atoms with Crippen molar-refractivity contribution in [3.63, 3.8) is 0 Å². The van der Waals surface area contributed by atoms with Gasteiger partial charge in [0, 0.05) is 13.1 Å². The fourth-order valence-electron chi connectivity index (χ4n) is 3.77. The number of carbonyl (C=O) groups excluding carboxylic acids is 1. The van der Waals surface area contributed by atoms with Crippen molar-refractivity contribution in [3.05, 3.63) is 41.2 Å². The highest BCUT2D eigenvalue weighted by Crippen LogP contribution is 2.30. The molecule has 2 heterocycles. The van der Waals surface area contributed by atoms with E-state index in [9.17, 15) is 4.79 Å². The first-order valence-corrected chi connectivity index (χ1v) is 10.2. The van der Waals surface area contributed by atoms with Crippen LogP contribution in [0, 0.1) is 0 Å². The summed E-state index contributed by atoms with van der Waals surface area (Å²) in [6, 6.07) is 8.84. The van der Waals surface area contributed by atoms with Gasteiger partial charge in [0.1, 0.15) is 0 Å². The highest BCUT2D eigenvalue weighted by molar-refractivity contribution is 7.99. The van der Waals surface area contributed by atoms with Gasteiger partial charge in [-0.1, -0.05) is 37.1 Å². The minimum absolute atomic E-state index is 0.208. The van der Waals surface area contributed by atoms with E-state index in [1.165, 1.54) is 24.0 Å². The van der Waals surface area contributed by atoms with Crippen LogP contribution in [0.2, 0.25) is 0 Å². The maximum Gasteiger partial charge on any atom is 0.232 e. The number of benzene rings is 1. The Hall–Kier alpha value is -1.89. The Kier molecular flexibility index (Phi) is 5.01. The van der Waals surface area contributed by atoms with Crippen LogP contribution >= 0.6 is 11.8 Å². The van der Waals surface area contributed by atoms with Gasteiger partial charge in [0.2, 0.25) is 5.91 Å². The van der Waals surface area contributed by atoms with Crippen molar-refractivity contribution < 1.29 is 4.79 Å². The van der Waals surface area contributed by atoms with E-state index in [2.05, 4.69) is 33.7 Å². The lowest BCUT2D eigenvalue weighted by Gasteiger charge is -2.28. The Labute approximate surface area is 152 Å². The van der Waals surface area contributed by atoms with Crippen molar-refractivity contribution in [2.45, 2.75) is 50.4 Å². The molecule has 0 unspecified atom stereocenters. The Morgan fingerprint density at radius 1 is 1.20 bits per heavy atom. The Morgan fingerprint density at radius 3 is 2.84 bits per heavy atom. The molecule has 4 rings (SSSR count). The van der Waals surface area contributed by atoms with Crippen LogP contribution in [-0.4, -0.2) is 43.3 Å². The minimum Gasteiger partial charge on any atom is -0.337 e. The second-order valence-corrected chi connectivity index (χ2v) is 7.79. The number of carbonyl (C=O) groups is 1. The second-order valence-electron chi connectivity index (χ2n) is 6.80. The van der Waals surface area contributed by atoms with E-state index in [-0.39, 0.29) is 5.91 Å². The predicted molar refractivity (Wildman–Crippen MR) is 97.0 cm³/mol. The fourth-order valence-corrected chi connectivity index (χ4v) is 4.60. The molecular formula is C18H23N5OS. The van der Waals surface area contributed by atoms with Crippen molar-refractivity contribution in [2.24, 2.45) is 0 Å². The lowest BCUT2D eigenvalue weighted by Crippen LogP contribution is -2.37. The molecular weight excluding hydrogens is 334 g/mol. The molecule has 1 amide bonds. The maximum atomic E-state index is 12.5. The van der Waals surface area contributed by atoms with Crippen molar-refractivity contribution in [2.75, 3.05) is 12.3 Å². The predicted octanol–water partition coefficient (Wildman–Crippen LogP) is 2.61. The summed E-state index contributed by atoms with van der Waals surface area (Å²) in [7, 11) is 0. The summed E-state index contributed by atoms with van der Waals surface area (Å²) >= 11 is 1.61. The topological polar surface area (TPSA) is 63.9 Å². The van der Waals surface area contributed by atoms with Gasteiger partial charge in [-0.2, -0.15) is 0 Å². The average Bonchev–Trinajstić information content (AvgIpc) is 3.32. The summed E-state index contributed by atoms with van der Waals surface area (Å²) in [4.78, 5) is 14.5. The first kappa shape index (κ1) is 16.6. The third-order valence-corrected chi connectivity index (χ3v) is 6.08. The van der Waals surface area contributed by atoms with Crippen LogP contribution in [0.15, 0.2) is 24.3 Å². The quantitative estimate of drug-likeness (QED) is 0.823.